The van der Waals surface area contributed by atoms with Crippen LogP contribution >= 0.6 is 11.3 Å². The monoisotopic (exact) mass is 278 g/mol. The SMILES string of the molecule is NCC1CCN(Cc2noc(-c3cccs3)n2)CC1. The normalized spacial score (nSPS) is 17.9. The number of hydrogen-bond donors (Lipinski definition) is 1. The Bertz CT molecular complexity index is 502. The smallest absolute Gasteiger partial charge is 0.268 e. The van der Waals surface area contributed by atoms with Gasteiger partial charge in [-0.3, -0.25) is 4.90 Å². The predicted octanol–water partition coefficient (Wildman–Crippen LogP) is 1.97. The number of aromatic nitrogens is 2. The number of nitrogens with zero attached hydrogens (tertiary/aromatic N) is 3. The number of hydrogen-bond acceptors (Lipinski definition) is 6. The Morgan fingerprint density at radius 2 is 2.26 bits per heavy atom. The van der Waals surface area contributed by atoms with Crippen molar-refractivity contribution in [2.75, 3.05) is 19.6 Å². The molecule has 19 heavy (non-hydrogen) atoms. The van der Waals surface area contributed by atoms with Crippen molar-refractivity contribution in [2.24, 2.45) is 11.7 Å². The number of nitrogens with two attached hydrogens (primary N) is 1. The summed E-state index contributed by atoms with van der Waals surface area (Å²) in [6, 6.07) is 3.98. The molecule has 3 heterocycles. The molecule has 2 aromatic rings. The van der Waals surface area contributed by atoms with Crippen LogP contribution in [0.15, 0.2) is 22.0 Å². The van der Waals surface area contributed by atoms with Crippen LogP contribution in [0.25, 0.3) is 10.8 Å². The fourth-order valence-electron chi connectivity index (χ4n) is 2.40. The van der Waals surface area contributed by atoms with Crippen molar-refractivity contribution in [1.29, 1.82) is 0 Å². The van der Waals surface area contributed by atoms with E-state index in [1.165, 1.54) is 12.8 Å². The quantitative estimate of drug-likeness (QED) is 0.926. The molecule has 0 aromatic carbocycles. The topological polar surface area (TPSA) is 68.2 Å². The summed E-state index contributed by atoms with van der Waals surface area (Å²) >= 11 is 1.61. The standard InChI is InChI=1S/C13H18N4OS/c14-8-10-3-5-17(6-4-10)9-12-15-13(18-16-12)11-2-1-7-19-11/h1-2,7,10H,3-6,8-9,14H2. The van der Waals surface area contributed by atoms with E-state index >= 15 is 0 Å². The van der Waals surface area contributed by atoms with Crippen molar-refractivity contribution < 1.29 is 4.52 Å². The summed E-state index contributed by atoms with van der Waals surface area (Å²) in [5, 5.41) is 6.07. The molecule has 2 aromatic heterocycles. The van der Waals surface area contributed by atoms with E-state index in [0.29, 0.717) is 11.8 Å². The highest BCUT2D eigenvalue weighted by Crippen LogP contribution is 2.23. The molecule has 0 bridgehead atoms. The van der Waals surface area contributed by atoms with E-state index in [1.54, 1.807) is 11.3 Å². The van der Waals surface area contributed by atoms with Crippen molar-refractivity contribution in [3.8, 4) is 10.8 Å². The lowest BCUT2D eigenvalue weighted by Gasteiger charge is -2.30. The predicted molar refractivity (Wildman–Crippen MR) is 74.7 cm³/mol. The fourth-order valence-corrected chi connectivity index (χ4v) is 3.04. The van der Waals surface area contributed by atoms with Crippen LogP contribution in [-0.2, 0) is 6.54 Å². The van der Waals surface area contributed by atoms with Crippen LogP contribution in [0.5, 0.6) is 0 Å². The van der Waals surface area contributed by atoms with E-state index in [0.717, 1.165) is 36.9 Å². The third kappa shape index (κ3) is 3.02. The zero-order valence-corrected chi connectivity index (χ0v) is 11.6. The molecule has 5 nitrogen and oxygen atoms in total. The lowest BCUT2D eigenvalue weighted by molar-refractivity contribution is 0.175. The van der Waals surface area contributed by atoms with Gasteiger partial charge in [0.1, 0.15) is 0 Å². The molecular weight excluding hydrogens is 260 g/mol. The summed E-state index contributed by atoms with van der Waals surface area (Å²) in [5.74, 6) is 2.08. The summed E-state index contributed by atoms with van der Waals surface area (Å²) in [6.07, 6.45) is 2.35. The Hall–Kier alpha value is -1.24. The second kappa shape index (κ2) is 5.81. The summed E-state index contributed by atoms with van der Waals surface area (Å²) in [7, 11) is 0. The van der Waals surface area contributed by atoms with Crippen molar-refractivity contribution in [1.82, 2.24) is 15.0 Å². The minimum atomic E-state index is 0.627. The molecule has 0 amide bonds. The Morgan fingerprint density at radius 3 is 2.95 bits per heavy atom. The van der Waals surface area contributed by atoms with Crippen LogP contribution < -0.4 is 5.73 Å². The average Bonchev–Trinajstić information content (AvgIpc) is 3.10. The highest BCUT2D eigenvalue weighted by atomic mass is 32.1. The number of piperidine rings is 1. The third-order valence-corrected chi connectivity index (χ3v) is 4.46. The molecule has 0 atom stereocenters. The van der Waals surface area contributed by atoms with Gasteiger partial charge in [0.05, 0.1) is 11.4 Å². The van der Waals surface area contributed by atoms with Crippen molar-refractivity contribution >= 4 is 11.3 Å². The van der Waals surface area contributed by atoms with E-state index < -0.39 is 0 Å². The van der Waals surface area contributed by atoms with Crippen molar-refractivity contribution in [2.45, 2.75) is 19.4 Å². The Balaban J connectivity index is 1.59. The van der Waals surface area contributed by atoms with Gasteiger partial charge in [0.15, 0.2) is 5.82 Å². The molecule has 1 aliphatic rings. The van der Waals surface area contributed by atoms with Crippen LogP contribution in [0.3, 0.4) is 0 Å². The zero-order chi connectivity index (χ0) is 13.1. The minimum Gasteiger partial charge on any atom is -0.333 e. The van der Waals surface area contributed by atoms with Gasteiger partial charge in [-0.25, -0.2) is 0 Å². The maximum atomic E-state index is 5.70. The maximum Gasteiger partial charge on any atom is 0.268 e. The minimum absolute atomic E-state index is 0.627. The summed E-state index contributed by atoms with van der Waals surface area (Å²) in [6.45, 7) is 3.72. The van der Waals surface area contributed by atoms with E-state index in [2.05, 4.69) is 15.0 Å². The van der Waals surface area contributed by atoms with Gasteiger partial charge >= 0.3 is 0 Å². The van der Waals surface area contributed by atoms with Crippen LogP contribution in [0.2, 0.25) is 0 Å². The summed E-state index contributed by atoms with van der Waals surface area (Å²) in [5.41, 5.74) is 5.70. The number of rotatable bonds is 4. The van der Waals surface area contributed by atoms with E-state index in [-0.39, 0.29) is 0 Å². The lowest BCUT2D eigenvalue weighted by atomic mass is 9.97. The largest absolute Gasteiger partial charge is 0.333 e. The second-order valence-corrected chi connectivity index (χ2v) is 5.90. The van der Waals surface area contributed by atoms with Gasteiger partial charge < -0.3 is 10.3 Å². The molecule has 2 N–H and O–H groups in total. The van der Waals surface area contributed by atoms with E-state index in [9.17, 15) is 0 Å². The van der Waals surface area contributed by atoms with Crippen LogP contribution in [0.4, 0.5) is 0 Å². The first-order chi connectivity index (χ1) is 9.35. The molecule has 0 aliphatic carbocycles. The fraction of sp³-hybridized carbons (Fsp3) is 0.538. The second-order valence-electron chi connectivity index (χ2n) is 4.95. The summed E-state index contributed by atoms with van der Waals surface area (Å²) < 4.78 is 5.30. The molecular formula is C13H18N4OS. The van der Waals surface area contributed by atoms with E-state index in [1.807, 2.05) is 17.5 Å². The molecule has 0 spiro atoms. The highest BCUT2D eigenvalue weighted by Gasteiger charge is 2.20. The van der Waals surface area contributed by atoms with Gasteiger partial charge in [-0.15, -0.1) is 11.3 Å². The first-order valence-electron chi connectivity index (χ1n) is 6.64. The van der Waals surface area contributed by atoms with Gasteiger partial charge in [0.2, 0.25) is 0 Å². The average molecular weight is 278 g/mol. The Kier molecular flexibility index (Phi) is 3.91. The van der Waals surface area contributed by atoms with Gasteiger partial charge in [0, 0.05) is 0 Å². The Morgan fingerprint density at radius 1 is 1.42 bits per heavy atom. The molecule has 1 saturated heterocycles. The molecule has 0 saturated carbocycles. The van der Waals surface area contributed by atoms with Crippen LogP contribution in [0, 0.1) is 5.92 Å². The van der Waals surface area contributed by atoms with Gasteiger partial charge in [-0.2, -0.15) is 4.98 Å². The number of likely N-dealkylation sites (tertiary alicyclic amines) is 1. The van der Waals surface area contributed by atoms with Crippen molar-refractivity contribution in [3.05, 3.63) is 23.3 Å². The van der Waals surface area contributed by atoms with Gasteiger partial charge in [0.25, 0.3) is 5.89 Å². The molecule has 0 unspecified atom stereocenters. The van der Waals surface area contributed by atoms with E-state index in [4.69, 9.17) is 10.3 Å². The zero-order valence-electron chi connectivity index (χ0n) is 10.8. The van der Waals surface area contributed by atoms with Crippen molar-refractivity contribution in [3.63, 3.8) is 0 Å². The van der Waals surface area contributed by atoms with Gasteiger partial charge in [-0.1, -0.05) is 11.2 Å². The van der Waals surface area contributed by atoms with Gasteiger partial charge in [-0.05, 0) is 49.8 Å². The maximum absolute atomic E-state index is 5.70. The lowest BCUT2D eigenvalue weighted by Crippen LogP contribution is -2.35. The molecule has 0 radical (unpaired) electrons. The molecule has 1 aliphatic heterocycles. The molecule has 102 valence electrons. The molecule has 6 heteroatoms. The number of thiophene rings is 1. The Labute approximate surface area is 116 Å². The first-order valence-corrected chi connectivity index (χ1v) is 7.52. The molecule has 3 rings (SSSR count). The third-order valence-electron chi connectivity index (χ3n) is 3.61. The summed E-state index contributed by atoms with van der Waals surface area (Å²) in [4.78, 5) is 7.85. The van der Waals surface area contributed by atoms with Crippen LogP contribution in [-0.4, -0.2) is 34.7 Å². The first kappa shape index (κ1) is 12.8. The molecule has 1 fully saturated rings. The van der Waals surface area contributed by atoms with Crippen LogP contribution in [0.1, 0.15) is 18.7 Å². The highest BCUT2D eigenvalue weighted by molar-refractivity contribution is 7.13.